The number of amides is 1. The molecule has 6 rings (SSSR count). The monoisotopic (exact) mass is 553 g/mol. The fourth-order valence-electron chi connectivity index (χ4n) is 5.25. The number of rotatable bonds is 5. The van der Waals surface area contributed by atoms with Crippen molar-refractivity contribution in [3.63, 3.8) is 0 Å². The molecular formula is C27H35N7O4S. The quantitative estimate of drug-likeness (QED) is 0.376. The molecule has 1 aromatic carbocycles. The van der Waals surface area contributed by atoms with Crippen molar-refractivity contribution in [3.05, 3.63) is 54.6 Å². The lowest BCUT2D eigenvalue weighted by Gasteiger charge is -2.35. The number of pyridine rings is 1. The summed E-state index contributed by atoms with van der Waals surface area (Å²) in [6.07, 6.45) is 11.8. The van der Waals surface area contributed by atoms with E-state index in [2.05, 4.69) is 25.2 Å². The van der Waals surface area contributed by atoms with E-state index in [1.165, 1.54) is 12.8 Å². The number of nitrogens with one attached hydrogen (secondary N) is 3. The number of piperidine rings is 1. The predicted molar refractivity (Wildman–Crippen MR) is 152 cm³/mol. The Morgan fingerprint density at radius 3 is 2.67 bits per heavy atom. The van der Waals surface area contributed by atoms with Gasteiger partial charge in [-0.1, -0.05) is 19.3 Å². The predicted octanol–water partition coefficient (Wildman–Crippen LogP) is 3.46. The summed E-state index contributed by atoms with van der Waals surface area (Å²) >= 11 is 0. The minimum atomic E-state index is -3.70. The second-order valence-corrected chi connectivity index (χ2v) is 11.9. The van der Waals surface area contributed by atoms with Crippen molar-refractivity contribution < 1.29 is 18.3 Å². The van der Waals surface area contributed by atoms with Crippen LogP contribution in [-0.4, -0.2) is 66.0 Å². The Balaban J connectivity index is 1.48. The molecule has 3 aliphatic heterocycles. The highest BCUT2D eigenvalue weighted by atomic mass is 32.2. The van der Waals surface area contributed by atoms with Gasteiger partial charge < -0.3 is 25.2 Å². The Morgan fingerprint density at radius 1 is 1.05 bits per heavy atom. The van der Waals surface area contributed by atoms with Gasteiger partial charge in [0.2, 0.25) is 10.0 Å². The first kappa shape index (κ1) is 26.9. The SMILES string of the molecule is O=C1Nc2ccc(-n3ccnc3)c(n2)NCCCCCC2CCN(CC2)c2cc(NS(=O)(=O)CCO)ccc21. The molecule has 39 heavy (non-hydrogen) atoms. The van der Waals surface area contributed by atoms with Crippen LogP contribution in [0, 0.1) is 5.92 Å². The van der Waals surface area contributed by atoms with E-state index in [0.717, 1.165) is 51.0 Å². The maximum Gasteiger partial charge on any atom is 0.258 e. The molecule has 0 atom stereocenters. The van der Waals surface area contributed by atoms with Gasteiger partial charge in [0.25, 0.3) is 5.91 Å². The highest BCUT2D eigenvalue weighted by Gasteiger charge is 2.24. The van der Waals surface area contributed by atoms with Crippen molar-refractivity contribution in [2.75, 3.05) is 52.2 Å². The normalized spacial score (nSPS) is 17.2. The Kier molecular flexibility index (Phi) is 8.32. The summed E-state index contributed by atoms with van der Waals surface area (Å²) < 4.78 is 29.0. The minimum Gasteiger partial charge on any atom is -0.395 e. The Bertz CT molecular complexity index is 1390. The Labute approximate surface area is 228 Å². The van der Waals surface area contributed by atoms with Gasteiger partial charge in [-0.2, -0.15) is 0 Å². The van der Waals surface area contributed by atoms with E-state index in [9.17, 15) is 13.2 Å². The third-order valence-electron chi connectivity index (χ3n) is 7.31. The molecule has 11 nitrogen and oxygen atoms in total. The second-order valence-electron chi connectivity index (χ2n) is 10.1. The molecule has 1 amide bonds. The number of hydrogen-bond donors (Lipinski definition) is 4. The summed E-state index contributed by atoms with van der Waals surface area (Å²) in [6.45, 7) is 1.89. The highest BCUT2D eigenvalue weighted by molar-refractivity contribution is 7.92. The molecule has 2 aromatic heterocycles. The van der Waals surface area contributed by atoms with Gasteiger partial charge >= 0.3 is 0 Å². The van der Waals surface area contributed by atoms with Gasteiger partial charge in [-0.25, -0.2) is 18.4 Å². The van der Waals surface area contributed by atoms with E-state index in [0.29, 0.717) is 34.5 Å². The second kappa shape index (κ2) is 12.0. The van der Waals surface area contributed by atoms with Crippen LogP contribution in [0.1, 0.15) is 48.9 Å². The molecule has 3 aromatic rings. The molecule has 12 heteroatoms. The molecule has 208 valence electrons. The summed E-state index contributed by atoms with van der Waals surface area (Å²) in [5.74, 6) is 0.987. The van der Waals surface area contributed by atoms with Crippen LogP contribution >= 0.6 is 0 Å². The lowest BCUT2D eigenvalue weighted by atomic mass is 9.90. The molecule has 0 radical (unpaired) electrons. The number of nitrogens with zero attached hydrogens (tertiary/aromatic N) is 4. The molecule has 0 spiro atoms. The average Bonchev–Trinajstić information content (AvgIpc) is 3.45. The number of imidazole rings is 1. The molecule has 4 N–H and O–H groups in total. The van der Waals surface area contributed by atoms with Crippen LogP contribution in [0.25, 0.3) is 5.69 Å². The van der Waals surface area contributed by atoms with Crippen molar-refractivity contribution in [1.82, 2.24) is 14.5 Å². The van der Waals surface area contributed by atoms with Crippen molar-refractivity contribution in [2.45, 2.75) is 38.5 Å². The number of hydrogen-bond acceptors (Lipinski definition) is 8. The first-order chi connectivity index (χ1) is 18.9. The standard InChI is InChI=1S/C27H35N7O4S/c35-16-17-39(37,38)32-21-5-6-22-24(18-21)33-13-9-20(10-14-33)4-2-1-3-11-29-26-23(34-15-12-28-19-34)7-8-25(30-26)31-27(22)36/h5-8,12,15,18-20,32,35H,1-4,9-11,13-14,16-17H2,(H2,29,30,31,36). The smallest absolute Gasteiger partial charge is 0.258 e. The largest absolute Gasteiger partial charge is 0.395 e. The molecule has 1 fully saturated rings. The molecular weight excluding hydrogens is 518 g/mol. The van der Waals surface area contributed by atoms with E-state index < -0.39 is 22.4 Å². The maximum absolute atomic E-state index is 13.6. The number of carbonyl (C=O) groups excluding carboxylic acids is 1. The fourth-order valence-corrected chi connectivity index (χ4v) is 6.08. The van der Waals surface area contributed by atoms with Gasteiger partial charge in [-0.3, -0.25) is 9.52 Å². The summed E-state index contributed by atoms with van der Waals surface area (Å²) in [5, 5.41) is 15.5. The molecule has 5 heterocycles. The van der Waals surface area contributed by atoms with Crippen LogP contribution in [0.2, 0.25) is 0 Å². The lowest BCUT2D eigenvalue weighted by Crippen LogP contribution is -2.35. The topological polar surface area (TPSA) is 141 Å². The number of fused-ring (bicyclic) bond motifs is 8. The zero-order chi connectivity index (χ0) is 27.2. The summed E-state index contributed by atoms with van der Waals surface area (Å²) in [7, 11) is -3.70. The third kappa shape index (κ3) is 6.69. The molecule has 0 aliphatic carbocycles. The van der Waals surface area contributed by atoms with Gasteiger partial charge in [-0.05, 0) is 55.5 Å². The van der Waals surface area contributed by atoms with Crippen LogP contribution in [0.5, 0.6) is 0 Å². The van der Waals surface area contributed by atoms with E-state index in [1.807, 2.05) is 16.8 Å². The lowest BCUT2D eigenvalue weighted by molar-refractivity contribution is 0.102. The zero-order valence-electron chi connectivity index (χ0n) is 21.8. The van der Waals surface area contributed by atoms with Gasteiger partial charge in [0.1, 0.15) is 5.82 Å². The number of benzene rings is 1. The van der Waals surface area contributed by atoms with Gasteiger partial charge in [0.05, 0.1) is 41.3 Å². The maximum atomic E-state index is 13.6. The van der Waals surface area contributed by atoms with Crippen molar-refractivity contribution in [3.8, 4) is 5.69 Å². The van der Waals surface area contributed by atoms with Crippen LogP contribution in [0.4, 0.5) is 23.0 Å². The molecule has 3 aliphatic rings. The first-order valence-electron chi connectivity index (χ1n) is 13.5. The molecule has 1 saturated heterocycles. The van der Waals surface area contributed by atoms with Gasteiger partial charge in [-0.15, -0.1) is 0 Å². The number of aliphatic hydroxyl groups excluding tert-OH is 1. The van der Waals surface area contributed by atoms with Crippen molar-refractivity contribution in [1.29, 1.82) is 0 Å². The van der Waals surface area contributed by atoms with Crippen LogP contribution in [0.3, 0.4) is 0 Å². The van der Waals surface area contributed by atoms with E-state index in [-0.39, 0.29) is 5.91 Å². The summed E-state index contributed by atoms with van der Waals surface area (Å²) in [4.78, 5) is 24.6. The highest BCUT2D eigenvalue weighted by Crippen LogP contribution is 2.32. The van der Waals surface area contributed by atoms with E-state index in [4.69, 9.17) is 10.1 Å². The van der Waals surface area contributed by atoms with Crippen LogP contribution in [-0.2, 0) is 10.0 Å². The zero-order valence-corrected chi connectivity index (χ0v) is 22.7. The van der Waals surface area contributed by atoms with Crippen LogP contribution < -0.4 is 20.3 Å². The van der Waals surface area contributed by atoms with Gasteiger partial charge in [0, 0.05) is 32.0 Å². The molecule has 4 bridgehead atoms. The van der Waals surface area contributed by atoms with E-state index >= 15 is 0 Å². The summed E-state index contributed by atoms with van der Waals surface area (Å²) in [6, 6.07) is 8.58. The van der Waals surface area contributed by atoms with Crippen LogP contribution in [0.15, 0.2) is 49.1 Å². The Hall–Kier alpha value is -3.64. The number of aromatic nitrogens is 3. The van der Waals surface area contributed by atoms with Gasteiger partial charge in [0.15, 0.2) is 5.82 Å². The number of aliphatic hydroxyl groups is 1. The number of anilines is 4. The minimum absolute atomic E-state index is 0.324. The van der Waals surface area contributed by atoms with Crippen molar-refractivity contribution >= 4 is 38.9 Å². The van der Waals surface area contributed by atoms with Crippen molar-refractivity contribution in [2.24, 2.45) is 5.92 Å². The first-order valence-corrected chi connectivity index (χ1v) is 15.1. The average molecular weight is 554 g/mol. The Morgan fingerprint density at radius 2 is 1.90 bits per heavy atom. The molecule has 0 unspecified atom stereocenters. The number of carbonyl (C=O) groups is 1. The summed E-state index contributed by atoms with van der Waals surface area (Å²) in [5.41, 5.74) is 2.32. The number of sulfonamides is 1. The third-order valence-corrected chi connectivity index (χ3v) is 8.58. The fraction of sp³-hybridized carbons (Fsp3) is 0.444. The van der Waals surface area contributed by atoms with E-state index in [1.54, 1.807) is 36.8 Å². The molecule has 0 saturated carbocycles.